The number of hydrogen-bond donors (Lipinski definition) is 3. The fraction of sp³-hybridized carbons (Fsp3) is 0.182. The van der Waals surface area contributed by atoms with Crippen molar-refractivity contribution in [1.82, 2.24) is 4.98 Å². The number of halogens is 1. The third kappa shape index (κ3) is 2.94. The highest BCUT2D eigenvalue weighted by molar-refractivity contribution is 5.42. The highest BCUT2D eigenvalue weighted by Gasteiger charge is 2.11. The van der Waals surface area contributed by atoms with Gasteiger partial charge in [-0.3, -0.25) is 4.98 Å². The molecule has 0 bridgehead atoms. The fourth-order valence-corrected chi connectivity index (χ4v) is 1.34. The van der Waals surface area contributed by atoms with Gasteiger partial charge in [0.05, 0.1) is 0 Å². The van der Waals surface area contributed by atoms with Gasteiger partial charge in [-0.05, 0) is 24.3 Å². The average Bonchev–Trinajstić information content (AvgIpc) is 2.75. The maximum absolute atomic E-state index is 12.6. The number of H-pyrrole nitrogens is 1. The topological polar surface area (TPSA) is 78.3 Å². The molecule has 1 aromatic heterocycles. The smallest absolute Gasteiger partial charge is 0.410 e. The largest absolute Gasteiger partial charge is 0.416 e. The normalized spacial score (nSPS) is 12.4. The molecule has 90 valence electrons. The van der Waals surface area contributed by atoms with Crippen LogP contribution in [0.2, 0.25) is 0 Å². The predicted molar refractivity (Wildman–Crippen MR) is 59.2 cm³/mol. The first kappa shape index (κ1) is 11.4. The van der Waals surface area contributed by atoms with Crippen LogP contribution in [0.4, 0.5) is 10.1 Å². The Kier molecular flexibility index (Phi) is 3.24. The maximum atomic E-state index is 12.6. The molecular weight excluding hydrogens is 227 g/mol. The molecule has 5 nitrogen and oxygen atoms in total. The molecule has 2 aromatic rings. The van der Waals surface area contributed by atoms with Crippen LogP contribution in [0.1, 0.15) is 11.9 Å². The second-order valence-corrected chi connectivity index (χ2v) is 3.48. The van der Waals surface area contributed by atoms with Gasteiger partial charge >= 0.3 is 5.76 Å². The van der Waals surface area contributed by atoms with Gasteiger partial charge in [0.25, 0.3) is 0 Å². The van der Waals surface area contributed by atoms with Crippen LogP contribution in [0.25, 0.3) is 0 Å². The van der Waals surface area contributed by atoms with E-state index in [0.29, 0.717) is 5.69 Å². The Bertz CT molecular complexity index is 532. The van der Waals surface area contributed by atoms with Crippen LogP contribution in [0.3, 0.4) is 0 Å². The summed E-state index contributed by atoms with van der Waals surface area (Å²) in [6, 6.07) is 5.72. The van der Waals surface area contributed by atoms with E-state index < -0.39 is 11.9 Å². The van der Waals surface area contributed by atoms with Gasteiger partial charge in [-0.1, -0.05) is 0 Å². The Hall–Kier alpha value is -2.08. The third-order valence-electron chi connectivity index (χ3n) is 2.22. The van der Waals surface area contributed by atoms with Crippen molar-refractivity contribution in [3.8, 4) is 0 Å². The van der Waals surface area contributed by atoms with Crippen LogP contribution in [-0.2, 0) is 0 Å². The van der Waals surface area contributed by atoms with E-state index in [1.165, 1.54) is 18.3 Å². The van der Waals surface area contributed by atoms with Gasteiger partial charge in [0.15, 0.2) is 5.76 Å². The molecule has 0 aliphatic heterocycles. The van der Waals surface area contributed by atoms with Crippen molar-refractivity contribution in [1.29, 1.82) is 0 Å². The van der Waals surface area contributed by atoms with E-state index in [1.807, 2.05) is 0 Å². The molecule has 17 heavy (non-hydrogen) atoms. The lowest BCUT2D eigenvalue weighted by Crippen LogP contribution is -2.11. The first-order chi connectivity index (χ1) is 8.15. The van der Waals surface area contributed by atoms with Gasteiger partial charge < -0.3 is 14.8 Å². The lowest BCUT2D eigenvalue weighted by Gasteiger charge is -2.09. The number of rotatable bonds is 4. The Labute approximate surface area is 95.9 Å². The Morgan fingerprint density at radius 2 is 2.12 bits per heavy atom. The zero-order valence-electron chi connectivity index (χ0n) is 8.81. The summed E-state index contributed by atoms with van der Waals surface area (Å²) >= 11 is 0. The number of aliphatic hydroxyl groups excluding tert-OH is 1. The second-order valence-electron chi connectivity index (χ2n) is 3.48. The molecule has 0 aliphatic rings. The van der Waals surface area contributed by atoms with E-state index >= 15 is 0 Å². The molecule has 1 heterocycles. The predicted octanol–water partition coefficient (Wildman–Crippen LogP) is 1.25. The highest BCUT2D eigenvalue weighted by atomic mass is 19.1. The summed E-state index contributed by atoms with van der Waals surface area (Å²) in [5, 5.41) is 12.5. The first-order valence-electron chi connectivity index (χ1n) is 5.01. The zero-order valence-corrected chi connectivity index (χ0v) is 8.81. The van der Waals surface area contributed by atoms with Crippen LogP contribution in [0, 0.1) is 5.82 Å². The van der Waals surface area contributed by atoms with Crippen molar-refractivity contribution >= 4 is 5.69 Å². The lowest BCUT2D eigenvalue weighted by atomic mass is 10.2. The number of nitrogens with one attached hydrogen (secondary N) is 2. The molecule has 1 atom stereocenters. The minimum Gasteiger partial charge on any atom is -0.410 e. The molecule has 0 saturated heterocycles. The maximum Gasteiger partial charge on any atom is 0.416 e. The van der Waals surface area contributed by atoms with Gasteiger partial charge in [0.1, 0.15) is 11.9 Å². The van der Waals surface area contributed by atoms with Crippen molar-refractivity contribution < 1.29 is 13.9 Å². The van der Waals surface area contributed by atoms with E-state index in [0.717, 1.165) is 0 Å². The number of benzene rings is 1. The molecule has 0 spiro atoms. The highest BCUT2D eigenvalue weighted by Crippen LogP contribution is 2.13. The van der Waals surface area contributed by atoms with E-state index in [4.69, 9.17) is 4.42 Å². The van der Waals surface area contributed by atoms with E-state index in [9.17, 15) is 14.3 Å². The molecule has 3 N–H and O–H groups in total. The first-order valence-corrected chi connectivity index (χ1v) is 5.01. The minimum absolute atomic E-state index is 0.157. The molecule has 1 unspecified atom stereocenters. The summed E-state index contributed by atoms with van der Waals surface area (Å²) in [5.74, 6) is -0.779. The van der Waals surface area contributed by atoms with Crippen molar-refractivity contribution in [3.05, 3.63) is 52.6 Å². The molecule has 1 aromatic carbocycles. The van der Waals surface area contributed by atoms with Crippen LogP contribution in [0.15, 0.2) is 39.7 Å². The second kappa shape index (κ2) is 4.84. The summed E-state index contributed by atoms with van der Waals surface area (Å²) in [4.78, 5) is 13.0. The standard InChI is InChI=1S/C11H11FN2O3/c12-7-1-3-8(4-2-7)13-5-9(15)10-6-14-11(16)17-10/h1-4,6,9,13,15H,5H2,(H,14,16). The molecule has 2 rings (SSSR count). The van der Waals surface area contributed by atoms with Crippen LogP contribution in [-0.4, -0.2) is 16.6 Å². The Morgan fingerprint density at radius 1 is 1.41 bits per heavy atom. The molecule has 6 heteroatoms. The lowest BCUT2D eigenvalue weighted by molar-refractivity contribution is 0.160. The molecule has 0 amide bonds. The summed E-state index contributed by atoms with van der Waals surface area (Å²) in [6.07, 6.45) is 0.360. The van der Waals surface area contributed by atoms with Crippen LogP contribution < -0.4 is 11.1 Å². The number of aromatic amines is 1. The Morgan fingerprint density at radius 3 is 2.71 bits per heavy atom. The summed E-state index contributed by atoms with van der Waals surface area (Å²) in [5.41, 5.74) is 0.670. The molecule has 0 radical (unpaired) electrons. The van der Waals surface area contributed by atoms with Gasteiger partial charge in [0.2, 0.25) is 0 Å². The van der Waals surface area contributed by atoms with Crippen molar-refractivity contribution in [3.63, 3.8) is 0 Å². The van der Waals surface area contributed by atoms with Gasteiger partial charge in [0, 0.05) is 18.4 Å². The zero-order chi connectivity index (χ0) is 12.3. The number of hydrogen-bond acceptors (Lipinski definition) is 4. The van der Waals surface area contributed by atoms with Gasteiger partial charge in [-0.2, -0.15) is 0 Å². The Balaban J connectivity index is 1.94. The fourth-order valence-electron chi connectivity index (χ4n) is 1.34. The van der Waals surface area contributed by atoms with E-state index in [-0.39, 0.29) is 18.1 Å². The molecule has 0 fully saturated rings. The van der Waals surface area contributed by atoms with Gasteiger partial charge in [-0.25, -0.2) is 9.18 Å². The number of anilines is 1. The van der Waals surface area contributed by atoms with Crippen molar-refractivity contribution in [2.24, 2.45) is 0 Å². The van der Waals surface area contributed by atoms with Crippen molar-refractivity contribution in [2.45, 2.75) is 6.10 Å². The van der Waals surface area contributed by atoms with Crippen molar-refractivity contribution in [2.75, 3.05) is 11.9 Å². The number of aromatic nitrogens is 1. The SMILES string of the molecule is O=c1[nH]cc(C(O)CNc2ccc(F)cc2)o1. The average molecular weight is 238 g/mol. The van der Waals surface area contributed by atoms with E-state index in [2.05, 4.69) is 10.3 Å². The summed E-state index contributed by atoms with van der Waals surface area (Å²) in [6.45, 7) is 0.159. The minimum atomic E-state index is -0.945. The van der Waals surface area contributed by atoms with E-state index in [1.54, 1.807) is 12.1 Å². The number of oxazole rings is 1. The number of aliphatic hydroxyl groups is 1. The van der Waals surface area contributed by atoms with Crippen LogP contribution in [0.5, 0.6) is 0 Å². The summed E-state index contributed by atoms with van der Waals surface area (Å²) in [7, 11) is 0. The third-order valence-corrected chi connectivity index (χ3v) is 2.22. The molecular formula is C11H11FN2O3. The molecule has 0 saturated carbocycles. The molecule has 0 aliphatic carbocycles. The quantitative estimate of drug-likeness (QED) is 0.749. The monoisotopic (exact) mass is 238 g/mol. The van der Waals surface area contributed by atoms with Crippen LogP contribution >= 0.6 is 0 Å². The summed E-state index contributed by atoms with van der Waals surface area (Å²) < 4.78 is 17.3. The van der Waals surface area contributed by atoms with Gasteiger partial charge in [-0.15, -0.1) is 0 Å².